The third kappa shape index (κ3) is 2.83. The molecule has 0 aliphatic carbocycles. The van der Waals surface area contributed by atoms with Gasteiger partial charge < -0.3 is 5.11 Å². The summed E-state index contributed by atoms with van der Waals surface area (Å²) in [5.74, 6) is 0. The number of pyridine rings is 1. The number of aromatic nitrogens is 1. The molecule has 0 aliphatic heterocycles. The van der Waals surface area contributed by atoms with E-state index in [4.69, 9.17) is 0 Å². The van der Waals surface area contributed by atoms with Crippen LogP contribution in [0.15, 0.2) is 61.1 Å². The van der Waals surface area contributed by atoms with Crippen molar-refractivity contribution >= 4 is 12.0 Å². The van der Waals surface area contributed by atoms with E-state index < -0.39 is 0 Å². The maximum Gasteiger partial charge on any atom is 0.235 e. The van der Waals surface area contributed by atoms with Crippen LogP contribution in [0.4, 0.5) is 0 Å². The minimum atomic E-state index is 0.0984. The van der Waals surface area contributed by atoms with Gasteiger partial charge in [-0.05, 0) is 17.5 Å². The molecule has 2 aromatic rings. The van der Waals surface area contributed by atoms with Gasteiger partial charge in [-0.2, -0.15) is 4.57 Å². The standard InChI is InChI=1S/C15H13NO2/c17-11-15(12-18)16-8-6-14(7-9-16)10-13-4-2-1-3-5-13/h1-9,11-12H,10H2. The molecule has 0 saturated carbocycles. The topological polar surface area (TPSA) is 44.0 Å². The maximum absolute atomic E-state index is 10.6. The third-order valence-corrected chi connectivity index (χ3v) is 2.69. The molecule has 0 bridgehead atoms. The predicted molar refractivity (Wildman–Crippen MR) is 66.2 cm³/mol. The first-order valence-corrected chi connectivity index (χ1v) is 5.65. The van der Waals surface area contributed by atoms with Crippen LogP contribution < -0.4 is 9.67 Å². The summed E-state index contributed by atoms with van der Waals surface area (Å²) in [5, 5.41) is 10.6. The fourth-order valence-electron chi connectivity index (χ4n) is 1.73. The molecule has 0 radical (unpaired) electrons. The van der Waals surface area contributed by atoms with E-state index in [1.165, 1.54) is 10.1 Å². The number of aldehydes is 1. The molecule has 0 spiro atoms. The van der Waals surface area contributed by atoms with Gasteiger partial charge in [0.15, 0.2) is 12.4 Å². The summed E-state index contributed by atoms with van der Waals surface area (Å²) in [7, 11) is 0. The average molecular weight is 239 g/mol. The lowest BCUT2D eigenvalue weighted by Gasteiger charge is -2.01. The minimum Gasteiger partial charge on any atom is -0.873 e. The van der Waals surface area contributed by atoms with Gasteiger partial charge in [-0.3, -0.25) is 4.79 Å². The Kier molecular flexibility index (Phi) is 3.86. The number of rotatable bonds is 4. The van der Waals surface area contributed by atoms with Gasteiger partial charge in [-0.15, -0.1) is 0 Å². The van der Waals surface area contributed by atoms with Gasteiger partial charge in [0.25, 0.3) is 0 Å². The molecule has 0 saturated heterocycles. The zero-order valence-corrected chi connectivity index (χ0v) is 9.82. The Morgan fingerprint density at radius 2 is 1.67 bits per heavy atom. The molecule has 1 heterocycles. The van der Waals surface area contributed by atoms with E-state index in [1.807, 2.05) is 30.3 Å². The first-order valence-electron chi connectivity index (χ1n) is 5.65. The van der Waals surface area contributed by atoms with E-state index in [0.29, 0.717) is 12.5 Å². The highest BCUT2D eigenvalue weighted by molar-refractivity contribution is 5.92. The molecule has 18 heavy (non-hydrogen) atoms. The zero-order chi connectivity index (χ0) is 12.8. The van der Waals surface area contributed by atoms with Crippen molar-refractivity contribution in [2.24, 2.45) is 0 Å². The Labute approximate surface area is 106 Å². The summed E-state index contributed by atoms with van der Waals surface area (Å²) in [6.07, 6.45) is 5.36. The molecular weight excluding hydrogens is 226 g/mol. The van der Waals surface area contributed by atoms with Crippen molar-refractivity contribution in [3.8, 4) is 0 Å². The van der Waals surface area contributed by atoms with Crippen LogP contribution >= 0.6 is 0 Å². The zero-order valence-electron chi connectivity index (χ0n) is 9.82. The fraction of sp³-hybridized carbons (Fsp3) is 0.0667. The predicted octanol–water partition coefficient (Wildman–Crippen LogP) is 0.923. The number of nitrogens with zero attached hydrogens (tertiary/aromatic N) is 1. The lowest BCUT2D eigenvalue weighted by Crippen LogP contribution is -2.33. The van der Waals surface area contributed by atoms with E-state index in [1.54, 1.807) is 12.4 Å². The van der Waals surface area contributed by atoms with Gasteiger partial charge in [0.1, 0.15) is 0 Å². The van der Waals surface area contributed by atoms with E-state index in [0.717, 1.165) is 12.0 Å². The monoisotopic (exact) mass is 239 g/mol. The maximum atomic E-state index is 10.6. The molecular formula is C15H13NO2. The van der Waals surface area contributed by atoms with E-state index in [2.05, 4.69) is 12.1 Å². The van der Waals surface area contributed by atoms with Gasteiger partial charge in [0.2, 0.25) is 12.0 Å². The van der Waals surface area contributed by atoms with E-state index >= 15 is 0 Å². The first-order chi connectivity index (χ1) is 8.83. The summed E-state index contributed by atoms with van der Waals surface area (Å²) in [6.45, 7) is 0. The number of carbonyl (C=O) groups excluding carboxylic acids is 1. The molecule has 0 unspecified atom stereocenters. The normalized spacial score (nSPS) is 11.2. The van der Waals surface area contributed by atoms with Gasteiger partial charge >= 0.3 is 0 Å². The molecule has 0 fully saturated rings. The Morgan fingerprint density at radius 3 is 2.22 bits per heavy atom. The van der Waals surface area contributed by atoms with Gasteiger partial charge in [0, 0.05) is 12.1 Å². The molecule has 0 amide bonds. The van der Waals surface area contributed by atoms with Crippen LogP contribution in [-0.2, 0) is 11.2 Å². The van der Waals surface area contributed by atoms with Crippen LogP contribution in [0.1, 0.15) is 11.1 Å². The highest BCUT2D eigenvalue weighted by atomic mass is 16.2. The van der Waals surface area contributed by atoms with Crippen LogP contribution in [0.5, 0.6) is 0 Å². The van der Waals surface area contributed by atoms with Gasteiger partial charge in [0.05, 0.1) is 0 Å². The van der Waals surface area contributed by atoms with Crippen molar-refractivity contribution in [3.63, 3.8) is 0 Å². The molecule has 1 aromatic carbocycles. The lowest BCUT2D eigenvalue weighted by atomic mass is 10.1. The van der Waals surface area contributed by atoms with Crippen LogP contribution in [-0.4, -0.2) is 6.29 Å². The number of hydrogen-bond acceptors (Lipinski definition) is 2. The van der Waals surface area contributed by atoms with E-state index in [-0.39, 0.29) is 5.70 Å². The smallest absolute Gasteiger partial charge is 0.235 e. The Hall–Kier alpha value is -2.42. The van der Waals surface area contributed by atoms with Gasteiger partial charge in [-0.1, -0.05) is 36.6 Å². The summed E-state index contributed by atoms with van der Waals surface area (Å²) >= 11 is 0. The average Bonchev–Trinajstić information content (AvgIpc) is 2.43. The molecule has 0 N–H and O–H groups in total. The number of hydrogen-bond donors (Lipinski definition) is 0. The van der Waals surface area contributed by atoms with Crippen LogP contribution in [0.25, 0.3) is 5.70 Å². The number of benzene rings is 1. The highest BCUT2D eigenvalue weighted by Gasteiger charge is 2.05. The van der Waals surface area contributed by atoms with Crippen LogP contribution in [0, 0.1) is 0 Å². The van der Waals surface area contributed by atoms with Crippen molar-refractivity contribution in [3.05, 3.63) is 72.2 Å². The molecule has 2 rings (SSSR count). The Morgan fingerprint density at radius 1 is 1.06 bits per heavy atom. The quantitative estimate of drug-likeness (QED) is 0.345. The number of allylic oxidation sites excluding steroid dienone is 1. The molecule has 3 nitrogen and oxygen atoms in total. The summed E-state index contributed by atoms with van der Waals surface area (Å²) in [5.41, 5.74) is 2.46. The molecule has 0 atom stereocenters. The second-order valence-corrected chi connectivity index (χ2v) is 3.94. The van der Waals surface area contributed by atoms with Crippen molar-refractivity contribution in [1.82, 2.24) is 0 Å². The molecule has 0 aliphatic rings. The summed E-state index contributed by atoms with van der Waals surface area (Å²) < 4.78 is 1.51. The SMILES string of the molecule is O=C/C(=C\[O-])[n+]1ccc(Cc2ccccc2)cc1. The summed E-state index contributed by atoms with van der Waals surface area (Å²) in [4.78, 5) is 10.6. The third-order valence-electron chi connectivity index (χ3n) is 2.69. The van der Waals surface area contributed by atoms with Crippen molar-refractivity contribution in [1.29, 1.82) is 0 Å². The minimum absolute atomic E-state index is 0.0984. The Balaban J connectivity index is 2.16. The van der Waals surface area contributed by atoms with Crippen molar-refractivity contribution in [2.45, 2.75) is 6.42 Å². The van der Waals surface area contributed by atoms with Crippen LogP contribution in [0.3, 0.4) is 0 Å². The first kappa shape index (κ1) is 12.0. The summed E-state index contributed by atoms with van der Waals surface area (Å²) in [6, 6.07) is 13.9. The Bertz CT molecular complexity index is 544. The highest BCUT2D eigenvalue weighted by Crippen LogP contribution is 2.07. The van der Waals surface area contributed by atoms with E-state index in [9.17, 15) is 9.90 Å². The number of carbonyl (C=O) groups is 1. The molecule has 90 valence electrons. The molecule has 1 aromatic heterocycles. The second-order valence-electron chi connectivity index (χ2n) is 3.94. The second kappa shape index (κ2) is 5.77. The van der Waals surface area contributed by atoms with Crippen LogP contribution in [0.2, 0.25) is 0 Å². The van der Waals surface area contributed by atoms with Gasteiger partial charge in [-0.25, -0.2) is 0 Å². The van der Waals surface area contributed by atoms with Crippen molar-refractivity contribution < 1.29 is 14.5 Å². The fourth-order valence-corrected chi connectivity index (χ4v) is 1.73. The molecule has 3 heteroatoms. The largest absolute Gasteiger partial charge is 0.873 e. The lowest BCUT2D eigenvalue weighted by molar-refractivity contribution is -0.580. The van der Waals surface area contributed by atoms with Crippen molar-refractivity contribution in [2.75, 3.05) is 0 Å².